The van der Waals surface area contributed by atoms with Crippen molar-refractivity contribution < 1.29 is 33.6 Å². The first-order valence-electron chi connectivity index (χ1n) is 16.4. The first-order valence-corrected chi connectivity index (χ1v) is 16.4. The molecule has 0 unspecified atom stereocenters. The van der Waals surface area contributed by atoms with Crippen LogP contribution in [-0.2, 0) is 17.8 Å². The van der Waals surface area contributed by atoms with Crippen molar-refractivity contribution >= 4 is 23.3 Å². The topological polar surface area (TPSA) is 122 Å². The van der Waals surface area contributed by atoms with Crippen LogP contribution in [0.3, 0.4) is 0 Å². The number of hydrogen-bond donors (Lipinski definition) is 3. The molecule has 0 saturated heterocycles. The van der Waals surface area contributed by atoms with Crippen LogP contribution in [0, 0.1) is 5.92 Å². The SMILES string of the molecule is C[C@H](CO)N1C[C@H](C)[C@@H](CN(C)Cc2ccc(Oc3ccccc3)cc2)Oc2ccc(NC(=O)Nc3ccc4c(c3)OCO4)cc2CC1=O. The molecule has 0 aromatic heterocycles. The molecule has 49 heavy (non-hydrogen) atoms. The summed E-state index contributed by atoms with van der Waals surface area (Å²) >= 11 is 0. The van der Waals surface area contributed by atoms with Crippen molar-refractivity contribution in [2.75, 3.05) is 44.2 Å². The van der Waals surface area contributed by atoms with Crippen LogP contribution in [0.2, 0.25) is 0 Å². The fourth-order valence-corrected chi connectivity index (χ4v) is 5.96. The number of carbonyl (C=O) groups is 2. The van der Waals surface area contributed by atoms with E-state index >= 15 is 0 Å². The first-order chi connectivity index (χ1) is 23.7. The largest absolute Gasteiger partial charge is 0.488 e. The highest BCUT2D eigenvalue weighted by Gasteiger charge is 2.31. The number of aliphatic hydroxyl groups is 1. The van der Waals surface area contributed by atoms with Crippen LogP contribution < -0.4 is 29.6 Å². The summed E-state index contributed by atoms with van der Waals surface area (Å²) in [6, 6.07) is 27.4. The highest BCUT2D eigenvalue weighted by molar-refractivity contribution is 6.00. The van der Waals surface area contributed by atoms with Gasteiger partial charge in [-0.2, -0.15) is 0 Å². The first kappa shape index (κ1) is 33.6. The minimum atomic E-state index is -0.447. The molecule has 4 aromatic carbocycles. The maximum absolute atomic E-state index is 13.6. The Morgan fingerprint density at radius 3 is 2.35 bits per heavy atom. The summed E-state index contributed by atoms with van der Waals surface area (Å²) in [6.45, 7) is 5.61. The van der Waals surface area contributed by atoms with Crippen LogP contribution in [0.5, 0.6) is 28.7 Å². The van der Waals surface area contributed by atoms with Gasteiger partial charge in [0, 0.05) is 48.6 Å². The molecule has 2 aliphatic heterocycles. The number of likely N-dealkylation sites (N-methyl/N-ethyl adjacent to an activating group) is 1. The molecular formula is C38H42N4O7. The average Bonchev–Trinajstić information content (AvgIpc) is 3.57. The second-order valence-corrected chi connectivity index (χ2v) is 12.6. The number of benzene rings is 4. The predicted molar refractivity (Wildman–Crippen MR) is 186 cm³/mol. The van der Waals surface area contributed by atoms with Crippen LogP contribution in [0.15, 0.2) is 91.0 Å². The molecule has 256 valence electrons. The summed E-state index contributed by atoms with van der Waals surface area (Å²) in [5, 5.41) is 15.7. The molecule has 4 aromatic rings. The van der Waals surface area contributed by atoms with E-state index in [9.17, 15) is 14.7 Å². The second-order valence-electron chi connectivity index (χ2n) is 12.6. The van der Waals surface area contributed by atoms with Gasteiger partial charge >= 0.3 is 6.03 Å². The third kappa shape index (κ3) is 8.62. The predicted octanol–water partition coefficient (Wildman–Crippen LogP) is 6.13. The molecule has 3 amide bonds. The fourth-order valence-electron chi connectivity index (χ4n) is 5.96. The zero-order valence-electron chi connectivity index (χ0n) is 27.9. The van der Waals surface area contributed by atoms with Crippen molar-refractivity contribution in [3.8, 4) is 28.7 Å². The second kappa shape index (κ2) is 15.3. The molecule has 6 rings (SSSR count). The van der Waals surface area contributed by atoms with Crippen LogP contribution in [0.25, 0.3) is 0 Å². The summed E-state index contributed by atoms with van der Waals surface area (Å²) in [5.41, 5.74) is 2.83. The number of fused-ring (bicyclic) bond motifs is 2. The number of para-hydroxylation sites is 1. The van der Waals surface area contributed by atoms with Crippen molar-refractivity contribution in [1.29, 1.82) is 0 Å². The normalized spacial score (nSPS) is 17.7. The van der Waals surface area contributed by atoms with Crippen LogP contribution in [0.1, 0.15) is 25.0 Å². The molecule has 0 radical (unpaired) electrons. The number of hydrogen-bond acceptors (Lipinski definition) is 8. The zero-order chi connectivity index (χ0) is 34.3. The van der Waals surface area contributed by atoms with E-state index in [0.29, 0.717) is 53.8 Å². The maximum Gasteiger partial charge on any atom is 0.323 e. The lowest BCUT2D eigenvalue weighted by Crippen LogP contribution is -2.47. The van der Waals surface area contributed by atoms with Crippen molar-refractivity contribution in [2.24, 2.45) is 5.92 Å². The molecule has 11 nitrogen and oxygen atoms in total. The molecule has 0 aliphatic carbocycles. The number of ether oxygens (including phenoxy) is 4. The van der Waals surface area contributed by atoms with Gasteiger partial charge < -0.3 is 39.6 Å². The number of amides is 3. The molecule has 2 aliphatic rings. The molecule has 0 spiro atoms. The van der Waals surface area contributed by atoms with Gasteiger partial charge in [0.2, 0.25) is 12.7 Å². The lowest BCUT2D eigenvalue weighted by atomic mass is 10.0. The third-order valence-corrected chi connectivity index (χ3v) is 8.65. The van der Waals surface area contributed by atoms with E-state index in [0.717, 1.165) is 17.1 Å². The number of urea groups is 1. The lowest BCUT2D eigenvalue weighted by molar-refractivity contribution is -0.134. The number of aliphatic hydroxyl groups excluding tert-OH is 1. The van der Waals surface area contributed by atoms with Crippen molar-refractivity contribution in [3.63, 3.8) is 0 Å². The van der Waals surface area contributed by atoms with Gasteiger partial charge in [-0.25, -0.2) is 4.79 Å². The van der Waals surface area contributed by atoms with Crippen molar-refractivity contribution in [2.45, 2.75) is 39.0 Å². The van der Waals surface area contributed by atoms with Gasteiger partial charge in [-0.1, -0.05) is 37.3 Å². The van der Waals surface area contributed by atoms with Crippen LogP contribution in [0.4, 0.5) is 16.2 Å². The maximum atomic E-state index is 13.6. The van der Waals surface area contributed by atoms with Gasteiger partial charge in [0.1, 0.15) is 23.4 Å². The van der Waals surface area contributed by atoms with E-state index in [2.05, 4.69) is 34.6 Å². The Balaban J connectivity index is 1.15. The molecule has 0 bridgehead atoms. The Labute approximate surface area is 286 Å². The Morgan fingerprint density at radius 1 is 0.939 bits per heavy atom. The Kier molecular flexibility index (Phi) is 10.5. The monoisotopic (exact) mass is 666 g/mol. The van der Waals surface area contributed by atoms with E-state index in [4.69, 9.17) is 18.9 Å². The van der Waals surface area contributed by atoms with Crippen LogP contribution in [-0.4, -0.2) is 72.5 Å². The lowest BCUT2D eigenvalue weighted by Gasteiger charge is -2.34. The van der Waals surface area contributed by atoms with E-state index in [-0.39, 0.29) is 43.8 Å². The summed E-state index contributed by atoms with van der Waals surface area (Å²) in [6.07, 6.45) is -0.206. The van der Waals surface area contributed by atoms with E-state index < -0.39 is 6.03 Å². The van der Waals surface area contributed by atoms with Gasteiger partial charge in [0.25, 0.3) is 0 Å². The Morgan fingerprint density at radius 2 is 1.61 bits per heavy atom. The van der Waals surface area contributed by atoms with Gasteiger partial charge in [-0.05, 0) is 74.1 Å². The fraction of sp³-hybridized carbons (Fsp3) is 0.316. The highest BCUT2D eigenvalue weighted by Crippen LogP contribution is 2.34. The third-order valence-electron chi connectivity index (χ3n) is 8.65. The number of anilines is 2. The minimum absolute atomic E-state index is 0.0433. The summed E-state index contributed by atoms with van der Waals surface area (Å²) < 4.78 is 23.4. The molecule has 11 heteroatoms. The van der Waals surface area contributed by atoms with Gasteiger partial charge in [-0.3, -0.25) is 9.69 Å². The van der Waals surface area contributed by atoms with Crippen LogP contribution >= 0.6 is 0 Å². The van der Waals surface area contributed by atoms with Gasteiger partial charge in [0.05, 0.1) is 19.1 Å². The van der Waals surface area contributed by atoms with Gasteiger partial charge in [0.15, 0.2) is 11.5 Å². The van der Waals surface area contributed by atoms with Crippen molar-refractivity contribution in [1.82, 2.24) is 9.80 Å². The molecule has 0 saturated carbocycles. The smallest absolute Gasteiger partial charge is 0.323 e. The van der Waals surface area contributed by atoms with Gasteiger partial charge in [-0.15, -0.1) is 0 Å². The summed E-state index contributed by atoms with van der Waals surface area (Å²) in [7, 11) is 2.04. The Hall–Kier alpha value is -5.26. The molecule has 2 heterocycles. The van der Waals surface area contributed by atoms with E-state index in [1.807, 2.05) is 56.4 Å². The quantitative estimate of drug-likeness (QED) is 0.185. The standard InChI is InChI=1S/C38H42N4O7/c1-25-20-42(26(2)23-43)37(44)18-28-17-29(39-38(45)40-30-12-16-34-35(19-30)47-24-46-34)11-15-33(28)49-36(25)22-41(3)21-27-9-13-32(14-10-27)48-31-7-5-4-6-8-31/h4-17,19,25-26,36,43H,18,20-24H2,1-3H3,(H2,39,40,45)/t25-,26+,36+/m0/s1. The number of rotatable bonds is 10. The zero-order valence-corrected chi connectivity index (χ0v) is 27.9. The number of nitrogens with one attached hydrogen (secondary N) is 2. The molecule has 3 N–H and O–H groups in total. The van der Waals surface area contributed by atoms with Crippen molar-refractivity contribution in [3.05, 3.63) is 102 Å². The summed E-state index contributed by atoms with van der Waals surface area (Å²) in [4.78, 5) is 30.5. The Bertz CT molecular complexity index is 1750. The molecule has 0 fully saturated rings. The number of carbonyl (C=O) groups excluding carboxylic acids is 2. The van der Waals surface area contributed by atoms with E-state index in [1.165, 1.54) is 0 Å². The van der Waals surface area contributed by atoms with E-state index in [1.54, 1.807) is 41.3 Å². The highest BCUT2D eigenvalue weighted by atomic mass is 16.7. The molecule has 3 atom stereocenters. The average molecular weight is 667 g/mol. The number of nitrogens with zero attached hydrogens (tertiary/aromatic N) is 2. The molecular weight excluding hydrogens is 624 g/mol. The minimum Gasteiger partial charge on any atom is -0.488 e. The summed E-state index contributed by atoms with van der Waals surface area (Å²) in [5.74, 6) is 3.17.